The molecule has 0 aromatic heterocycles. The number of allylic oxidation sites excluding steroid dienone is 3. The maximum absolute atomic E-state index is 12.4. The Hall–Kier alpha value is -1.77. The highest BCUT2D eigenvalue weighted by atomic mass is 16.6. The number of hydrogen-bond acceptors (Lipinski definition) is 7. The first kappa shape index (κ1) is 29.5. The molecular formula is C28H44O7. The third-order valence-electron chi connectivity index (χ3n) is 6.98. The van der Waals surface area contributed by atoms with Crippen LogP contribution in [0.2, 0.25) is 0 Å². The van der Waals surface area contributed by atoms with Crippen molar-refractivity contribution in [3.8, 4) is 0 Å². The van der Waals surface area contributed by atoms with Gasteiger partial charge in [-0.2, -0.15) is 0 Å². The lowest BCUT2D eigenvalue weighted by molar-refractivity contribution is -0.150. The summed E-state index contributed by atoms with van der Waals surface area (Å²) in [5.41, 5.74) is -0.751. The van der Waals surface area contributed by atoms with Crippen molar-refractivity contribution in [2.24, 2.45) is 17.8 Å². The fourth-order valence-electron chi connectivity index (χ4n) is 4.36. The second-order valence-electron chi connectivity index (χ2n) is 10.4. The summed E-state index contributed by atoms with van der Waals surface area (Å²) in [6, 6.07) is 0. The van der Waals surface area contributed by atoms with Crippen LogP contribution in [0.5, 0.6) is 0 Å². The molecule has 1 saturated heterocycles. The fourth-order valence-corrected chi connectivity index (χ4v) is 4.36. The Bertz CT molecular complexity index is 812. The minimum atomic E-state index is -1.57. The average molecular weight is 493 g/mol. The topological polar surface area (TPSA) is 120 Å². The van der Waals surface area contributed by atoms with Crippen LogP contribution in [0.15, 0.2) is 48.1 Å². The minimum Gasteiger partial charge on any atom is -0.457 e. The predicted octanol–water partition coefficient (Wildman–Crippen LogP) is 3.23. The molecule has 10 unspecified atom stereocenters. The molecule has 35 heavy (non-hydrogen) atoms. The summed E-state index contributed by atoms with van der Waals surface area (Å²) in [5, 5.41) is 40.9. The van der Waals surface area contributed by atoms with Crippen molar-refractivity contribution >= 4 is 5.97 Å². The monoisotopic (exact) mass is 492 g/mol. The van der Waals surface area contributed by atoms with Crippen molar-refractivity contribution in [3.63, 3.8) is 0 Å². The van der Waals surface area contributed by atoms with E-state index in [4.69, 9.17) is 9.47 Å². The zero-order valence-corrected chi connectivity index (χ0v) is 21.9. The molecule has 198 valence electrons. The lowest BCUT2D eigenvalue weighted by Gasteiger charge is -2.27. The first-order chi connectivity index (χ1) is 16.4. The molecule has 0 bridgehead atoms. The molecule has 0 aliphatic carbocycles. The molecule has 2 aliphatic heterocycles. The molecule has 7 heteroatoms. The van der Waals surface area contributed by atoms with Crippen LogP contribution in [0.25, 0.3) is 0 Å². The third kappa shape index (κ3) is 8.99. The quantitative estimate of drug-likeness (QED) is 0.178. The summed E-state index contributed by atoms with van der Waals surface area (Å²) in [7, 11) is 0. The normalized spacial score (nSPS) is 39.1. The van der Waals surface area contributed by atoms with Gasteiger partial charge in [0.2, 0.25) is 0 Å². The molecule has 1 fully saturated rings. The van der Waals surface area contributed by atoms with Crippen molar-refractivity contribution in [1.29, 1.82) is 0 Å². The highest BCUT2D eigenvalue weighted by Crippen LogP contribution is 2.36. The zero-order valence-electron chi connectivity index (χ0n) is 21.9. The Morgan fingerprint density at radius 2 is 1.94 bits per heavy atom. The molecule has 0 aromatic rings. The number of aliphatic hydroxyl groups excluding tert-OH is 3. The van der Waals surface area contributed by atoms with Crippen LogP contribution in [0.1, 0.15) is 60.8 Å². The second kappa shape index (κ2) is 13.0. The van der Waals surface area contributed by atoms with E-state index in [1.807, 2.05) is 39.8 Å². The molecule has 2 aliphatic rings. The van der Waals surface area contributed by atoms with Gasteiger partial charge in [-0.15, -0.1) is 0 Å². The van der Waals surface area contributed by atoms with Gasteiger partial charge in [-0.25, -0.2) is 0 Å². The van der Waals surface area contributed by atoms with Crippen molar-refractivity contribution in [2.75, 3.05) is 0 Å². The van der Waals surface area contributed by atoms with E-state index >= 15 is 0 Å². The fraction of sp³-hybridized carbons (Fsp3) is 0.679. The van der Waals surface area contributed by atoms with Gasteiger partial charge in [0.15, 0.2) is 0 Å². The van der Waals surface area contributed by atoms with E-state index in [0.29, 0.717) is 0 Å². The number of carbonyl (C=O) groups is 1. The highest BCUT2D eigenvalue weighted by Gasteiger charge is 2.44. The molecule has 2 rings (SSSR count). The maximum Gasteiger partial charge on any atom is 0.309 e. The van der Waals surface area contributed by atoms with Gasteiger partial charge in [-0.3, -0.25) is 4.79 Å². The van der Waals surface area contributed by atoms with E-state index in [-0.39, 0.29) is 42.5 Å². The third-order valence-corrected chi connectivity index (χ3v) is 6.98. The number of cyclic esters (lactones) is 1. The van der Waals surface area contributed by atoms with Gasteiger partial charge in [0.25, 0.3) is 0 Å². The van der Waals surface area contributed by atoms with Crippen molar-refractivity contribution < 1.29 is 34.7 Å². The van der Waals surface area contributed by atoms with Gasteiger partial charge in [-0.1, -0.05) is 70.2 Å². The Balaban J connectivity index is 2.05. The van der Waals surface area contributed by atoms with E-state index in [2.05, 4.69) is 13.0 Å². The van der Waals surface area contributed by atoms with Crippen molar-refractivity contribution in [3.05, 3.63) is 48.1 Å². The number of carbonyl (C=O) groups excluding carboxylic acids is 1. The SMILES string of the molecule is CCC(O)C(C)C1OC1CC(C)/C=C/C=C(\C)C1OC(=O)CC(O)/C=C/C(C)(O)C(O)/C=C/C1C. The number of ether oxygens (including phenoxy) is 2. The molecule has 0 radical (unpaired) electrons. The Morgan fingerprint density at radius 3 is 2.60 bits per heavy atom. The summed E-state index contributed by atoms with van der Waals surface area (Å²) in [5.74, 6) is -0.405. The number of hydrogen-bond donors (Lipinski definition) is 4. The van der Waals surface area contributed by atoms with Gasteiger partial charge in [0, 0.05) is 11.8 Å². The summed E-state index contributed by atoms with van der Waals surface area (Å²) < 4.78 is 11.5. The van der Waals surface area contributed by atoms with E-state index in [9.17, 15) is 25.2 Å². The Kier molecular flexibility index (Phi) is 10.9. The smallest absolute Gasteiger partial charge is 0.309 e. The average Bonchev–Trinajstić information content (AvgIpc) is 3.56. The largest absolute Gasteiger partial charge is 0.457 e. The van der Waals surface area contributed by atoms with Crippen molar-refractivity contribution in [2.45, 2.75) is 103 Å². The molecular weight excluding hydrogens is 448 g/mol. The summed E-state index contributed by atoms with van der Waals surface area (Å²) in [6.07, 6.45) is 10.1. The molecule has 4 N–H and O–H groups in total. The van der Waals surface area contributed by atoms with Gasteiger partial charge < -0.3 is 29.9 Å². The van der Waals surface area contributed by atoms with E-state index in [0.717, 1.165) is 18.4 Å². The van der Waals surface area contributed by atoms with Crippen LogP contribution < -0.4 is 0 Å². The zero-order chi connectivity index (χ0) is 26.3. The Morgan fingerprint density at radius 1 is 1.26 bits per heavy atom. The number of epoxide rings is 1. The van der Waals surface area contributed by atoms with Crippen molar-refractivity contribution in [1.82, 2.24) is 0 Å². The van der Waals surface area contributed by atoms with E-state index in [1.54, 1.807) is 6.08 Å². The van der Waals surface area contributed by atoms with Gasteiger partial charge >= 0.3 is 5.97 Å². The standard InChI is InChI=1S/C28H44O7/c1-7-22(30)20(5)27-23(34-27)15-17(2)9-8-10-18(3)26-19(4)11-12-24(31)28(6,33)14-13-21(29)16-25(32)35-26/h8-14,17,19-24,26-27,29-31,33H,7,15-16H2,1-6H3/b9-8+,12-11+,14-13+,18-10+. The number of esters is 1. The van der Waals surface area contributed by atoms with Crippen LogP contribution in [-0.4, -0.2) is 68.6 Å². The lowest BCUT2D eigenvalue weighted by Crippen LogP contribution is -2.37. The second-order valence-corrected chi connectivity index (χ2v) is 10.4. The van der Waals surface area contributed by atoms with Gasteiger partial charge in [-0.05, 0) is 38.2 Å². The lowest BCUT2D eigenvalue weighted by atomic mass is 9.92. The van der Waals surface area contributed by atoms with Crippen LogP contribution in [0, 0.1) is 17.8 Å². The molecule has 2 heterocycles. The van der Waals surface area contributed by atoms with Crippen LogP contribution in [0.3, 0.4) is 0 Å². The van der Waals surface area contributed by atoms with Gasteiger partial charge in [0.05, 0.1) is 30.8 Å². The van der Waals surface area contributed by atoms with Crippen LogP contribution >= 0.6 is 0 Å². The molecule has 0 saturated carbocycles. The minimum absolute atomic E-state index is 0.114. The van der Waals surface area contributed by atoms with Gasteiger partial charge in [0.1, 0.15) is 17.8 Å². The number of rotatable bonds is 8. The Labute approximate surface area is 209 Å². The summed E-state index contributed by atoms with van der Waals surface area (Å²) in [6.45, 7) is 11.3. The molecule has 0 amide bonds. The molecule has 0 spiro atoms. The van der Waals surface area contributed by atoms with E-state index in [1.165, 1.54) is 25.2 Å². The molecule has 7 nitrogen and oxygen atoms in total. The highest BCUT2D eigenvalue weighted by molar-refractivity contribution is 5.70. The first-order valence-corrected chi connectivity index (χ1v) is 12.7. The van der Waals surface area contributed by atoms with Crippen LogP contribution in [-0.2, 0) is 14.3 Å². The predicted molar refractivity (Wildman–Crippen MR) is 135 cm³/mol. The van der Waals surface area contributed by atoms with E-state index < -0.39 is 29.9 Å². The molecule has 0 aromatic carbocycles. The summed E-state index contributed by atoms with van der Waals surface area (Å²) >= 11 is 0. The molecule has 10 atom stereocenters. The van der Waals surface area contributed by atoms with Crippen LogP contribution in [0.4, 0.5) is 0 Å². The first-order valence-electron chi connectivity index (χ1n) is 12.7. The number of aliphatic hydroxyl groups is 4. The summed E-state index contributed by atoms with van der Waals surface area (Å²) in [4.78, 5) is 12.4. The maximum atomic E-state index is 12.4.